The van der Waals surface area contributed by atoms with E-state index in [9.17, 15) is 0 Å². The molecule has 0 saturated carbocycles. The molecule has 1 aromatic rings. The molecular formula is C15H25NO4Si. The topological polar surface area (TPSA) is 40.2 Å². The molecule has 0 aromatic heterocycles. The van der Waals surface area contributed by atoms with Gasteiger partial charge >= 0.3 is 8.80 Å². The van der Waals surface area contributed by atoms with Gasteiger partial charge in [0.1, 0.15) is 0 Å². The maximum Gasteiger partial charge on any atom is 0.500 e. The van der Waals surface area contributed by atoms with Crippen LogP contribution in [0.3, 0.4) is 0 Å². The number of hydrogen-bond donors (Lipinski definition) is 0. The van der Waals surface area contributed by atoms with Gasteiger partial charge in [0.05, 0.1) is 13.2 Å². The number of aryl methyl sites for hydroxylation is 1. The van der Waals surface area contributed by atoms with E-state index in [-0.39, 0.29) is 0 Å². The molecule has 0 radical (unpaired) electrons. The lowest BCUT2D eigenvalue weighted by molar-refractivity contribution is 0.122. The fourth-order valence-electron chi connectivity index (χ4n) is 2.58. The maximum absolute atomic E-state index is 5.47. The molecule has 0 unspecified atom stereocenters. The Morgan fingerprint density at radius 1 is 1.10 bits per heavy atom. The summed E-state index contributed by atoms with van der Waals surface area (Å²) in [7, 11) is 2.48. The summed E-state index contributed by atoms with van der Waals surface area (Å²) >= 11 is 0. The molecule has 0 N–H and O–H groups in total. The lowest BCUT2D eigenvalue weighted by Crippen LogP contribution is -2.43. The molecule has 21 heavy (non-hydrogen) atoms. The molecule has 0 bridgehead atoms. The molecule has 5 nitrogen and oxygen atoms in total. The predicted octanol–water partition coefficient (Wildman–Crippen LogP) is 1.94. The number of nitrogens with zero attached hydrogens (tertiary/aromatic N) is 1. The average Bonchev–Trinajstić information content (AvgIpc) is 2.58. The zero-order chi connectivity index (χ0) is 15.1. The van der Waals surface area contributed by atoms with Crippen molar-refractivity contribution in [3.63, 3.8) is 0 Å². The molecule has 1 aliphatic rings. The molecule has 1 fully saturated rings. The Bertz CT molecular complexity index is 425. The standard InChI is InChI=1S/C15H25NO4Si/c1-17-21(18-2,19-3)12-7-14-5-4-6-15(13-14)16-8-10-20-11-9-16/h4-6,13H,7-12H2,1-3H3. The minimum absolute atomic E-state index is 0.781. The summed E-state index contributed by atoms with van der Waals surface area (Å²) in [6.45, 7) is 3.52. The maximum atomic E-state index is 5.47. The molecular weight excluding hydrogens is 286 g/mol. The van der Waals surface area contributed by atoms with Gasteiger partial charge in [-0.15, -0.1) is 0 Å². The van der Waals surface area contributed by atoms with E-state index in [4.69, 9.17) is 18.0 Å². The number of benzene rings is 1. The fraction of sp³-hybridized carbons (Fsp3) is 0.600. The van der Waals surface area contributed by atoms with E-state index in [0.717, 1.165) is 38.8 Å². The minimum atomic E-state index is -2.49. The Labute approximate surface area is 128 Å². The number of rotatable bonds is 7. The van der Waals surface area contributed by atoms with Crippen molar-refractivity contribution < 1.29 is 18.0 Å². The third-order valence-corrected chi connectivity index (χ3v) is 6.67. The lowest BCUT2D eigenvalue weighted by atomic mass is 10.1. The van der Waals surface area contributed by atoms with Gasteiger partial charge in [0.25, 0.3) is 0 Å². The number of morpholine rings is 1. The summed E-state index contributed by atoms with van der Waals surface area (Å²) in [5, 5.41) is 0. The molecule has 0 amide bonds. The summed E-state index contributed by atoms with van der Waals surface area (Å²) in [4.78, 5) is 2.36. The van der Waals surface area contributed by atoms with Gasteiger partial charge in [0.2, 0.25) is 0 Å². The highest BCUT2D eigenvalue weighted by Crippen LogP contribution is 2.21. The van der Waals surface area contributed by atoms with Crippen LogP contribution in [0.1, 0.15) is 5.56 Å². The van der Waals surface area contributed by atoms with Crippen LogP contribution in [-0.2, 0) is 24.4 Å². The van der Waals surface area contributed by atoms with E-state index in [2.05, 4.69) is 29.2 Å². The van der Waals surface area contributed by atoms with Gasteiger partial charge in [-0.1, -0.05) is 12.1 Å². The van der Waals surface area contributed by atoms with Crippen molar-refractivity contribution in [3.8, 4) is 0 Å². The van der Waals surface area contributed by atoms with Gasteiger partial charge < -0.3 is 22.9 Å². The van der Waals surface area contributed by atoms with E-state index in [1.54, 1.807) is 21.3 Å². The van der Waals surface area contributed by atoms with Crippen LogP contribution in [0.15, 0.2) is 24.3 Å². The van der Waals surface area contributed by atoms with E-state index < -0.39 is 8.80 Å². The lowest BCUT2D eigenvalue weighted by Gasteiger charge is -2.29. The van der Waals surface area contributed by atoms with Crippen molar-refractivity contribution in [1.82, 2.24) is 0 Å². The Hall–Kier alpha value is -0.923. The van der Waals surface area contributed by atoms with Crippen LogP contribution >= 0.6 is 0 Å². The molecule has 1 aliphatic heterocycles. The number of anilines is 1. The van der Waals surface area contributed by atoms with Crippen molar-refractivity contribution >= 4 is 14.5 Å². The summed E-state index contributed by atoms with van der Waals surface area (Å²) in [5.74, 6) is 0. The first-order valence-corrected chi connectivity index (χ1v) is 9.23. The second-order valence-corrected chi connectivity index (χ2v) is 8.16. The highest BCUT2D eigenvalue weighted by molar-refractivity contribution is 6.60. The first-order chi connectivity index (χ1) is 10.2. The van der Waals surface area contributed by atoms with Gasteiger partial charge in [0.15, 0.2) is 0 Å². The largest absolute Gasteiger partial charge is 0.500 e. The van der Waals surface area contributed by atoms with E-state index in [0.29, 0.717) is 0 Å². The molecule has 0 atom stereocenters. The van der Waals surface area contributed by atoms with Gasteiger partial charge in [-0.3, -0.25) is 0 Å². The van der Waals surface area contributed by atoms with Crippen LogP contribution in [0.5, 0.6) is 0 Å². The molecule has 1 aromatic carbocycles. The first kappa shape index (κ1) is 16.4. The van der Waals surface area contributed by atoms with Crippen LogP contribution in [0.2, 0.25) is 6.04 Å². The zero-order valence-corrected chi connectivity index (χ0v) is 14.1. The Morgan fingerprint density at radius 3 is 2.38 bits per heavy atom. The van der Waals surface area contributed by atoms with Crippen molar-refractivity contribution in [3.05, 3.63) is 29.8 Å². The third kappa shape index (κ3) is 4.27. The van der Waals surface area contributed by atoms with Gasteiger partial charge in [-0.05, 0) is 24.1 Å². The zero-order valence-electron chi connectivity index (χ0n) is 13.1. The average molecular weight is 311 g/mol. The van der Waals surface area contributed by atoms with Crippen LogP contribution in [0.25, 0.3) is 0 Å². The molecule has 2 rings (SSSR count). The Morgan fingerprint density at radius 2 is 1.76 bits per heavy atom. The van der Waals surface area contributed by atoms with Crippen molar-refractivity contribution in [2.75, 3.05) is 52.5 Å². The van der Waals surface area contributed by atoms with Crippen LogP contribution in [0, 0.1) is 0 Å². The fourth-order valence-corrected chi connectivity index (χ4v) is 4.29. The smallest absolute Gasteiger partial charge is 0.378 e. The molecule has 1 saturated heterocycles. The highest BCUT2D eigenvalue weighted by atomic mass is 28.4. The molecule has 1 heterocycles. The summed E-state index contributed by atoms with van der Waals surface area (Å²) in [6, 6.07) is 9.43. The minimum Gasteiger partial charge on any atom is -0.378 e. The first-order valence-electron chi connectivity index (χ1n) is 7.30. The molecule has 6 heteroatoms. The number of hydrogen-bond acceptors (Lipinski definition) is 5. The monoisotopic (exact) mass is 311 g/mol. The Kier molecular flexibility index (Phi) is 6.19. The van der Waals surface area contributed by atoms with Crippen molar-refractivity contribution in [2.45, 2.75) is 12.5 Å². The predicted molar refractivity (Wildman–Crippen MR) is 84.8 cm³/mol. The highest BCUT2D eigenvalue weighted by Gasteiger charge is 2.37. The second kappa shape index (κ2) is 7.91. The van der Waals surface area contributed by atoms with Gasteiger partial charge in [-0.25, -0.2) is 0 Å². The van der Waals surface area contributed by atoms with Crippen LogP contribution in [-0.4, -0.2) is 56.4 Å². The SMILES string of the molecule is CO[Si](CCc1cccc(N2CCOCC2)c1)(OC)OC. The van der Waals surface area contributed by atoms with Crippen molar-refractivity contribution in [2.24, 2.45) is 0 Å². The summed E-state index contributed by atoms with van der Waals surface area (Å²) in [5.41, 5.74) is 2.54. The second-order valence-electron chi connectivity index (χ2n) is 5.06. The van der Waals surface area contributed by atoms with E-state index in [1.807, 2.05) is 0 Å². The summed E-state index contributed by atoms with van der Waals surface area (Å²) < 4.78 is 21.8. The molecule has 118 valence electrons. The van der Waals surface area contributed by atoms with Gasteiger partial charge in [0, 0.05) is 46.2 Å². The molecule has 0 aliphatic carbocycles. The third-order valence-electron chi connectivity index (χ3n) is 3.94. The van der Waals surface area contributed by atoms with E-state index in [1.165, 1.54) is 11.3 Å². The van der Waals surface area contributed by atoms with E-state index >= 15 is 0 Å². The normalized spacial score (nSPS) is 16.2. The number of ether oxygens (including phenoxy) is 1. The summed E-state index contributed by atoms with van der Waals surface area (Å²) in [6.07, 6.45) is 0.889. The van der Waals surface area contributed by atoms with Crippen molar-refractivity contribution in [1.29, 1.82) is 0 Å². The molecule has 0 spiro atoms. The van der Waals surface area contributed by atoms with Gasteiger partial charge in [-0.2, -0.15) is 0 Å². The quantitative estimate of drug-likeness (QED) is 0.720. The Balaban J connectivity index is 2.00. The van der Waals surface area contributed by atoms with Crippen LogP contribution in [0.4, 0.5) is 5.69 Å². The van der Waals surface area contributed by atoms with Crippen LogP contribution < -0.4 is 4.90 Å².